The molecular formula is C24H24Cl2N2O4S. The Balaban J connectivity index is 1.82. The molecule has 1 amide bonds. The molecule has 174 valence electrons. The van der Waals surface area contributed by atoms with Gasteiger partial charge in [0.25, 0.3) is 0 Å². The van der Waals surface area contributed by atoms with Crippen LogP contribution in [0.3, 0.4) is 0 Å². The van der Waals surface area contributed by atoms with Crippen molar-refractivity contribution in [3.05, 3.63) is 93.5 Å². The van der Waals surface area contributed by atoms with Gasteiger partial charge in [-0.1, -0.05) is 59.6 Å². The second-order valence-electron chi connectivity index (χ2n) is 7.45. The Hall–Kier alpha value is -2.58. The highest BCUT2D eigenvalue weighted by Gasteiger charge is 2.26. The molecule has 9 heteroatoms. The van der Waals surface area contributed by atoms with Crippen LogP contribution < -0.4 is 14.8 Å². The lowest BCUT2D eigenvalue weighted by atomic mass is 10.1. The molecule has 1 atom stereocenters. The smallest absolute Gasteiger partial charge is 0.241 e. The van der Waals surface area contributed by atoms with Crippen LogP contribution >= 0.6 is 23.2 Å². The van der Waals surface area contributed by atoms with Gasteiger partial charge in [0.2, 0.25) is 15.9 Å². The van der Waals surface area contributed by atoms with Crippen molar-refractivity contribution < 1.29 is 17.9 Å². The third kappa shape index (κ3) is 6.71. The van der Waals surface area contributed by atoms with Crippen molar-refractivity contribution >= 4 is 39.1 Å². The van der Waals surface area contributed by atoms with E-state index in [0.29, 0.717) is 26.9 Å². The SMILES string of the molecule is COc1ccc(S(=O)(=O)NC(Cc2ccccc2)C(=O)NCc2ccc(Cl)cc2Cl)cc1C. The molecule has 0 saturated heterocycles. The molecule has 3 aromatic carbocycles. The molecule has 0 radical (unpaired) electrons. The van der Waals surface area contributed by atoms with Gasteiger partial charge in [-0.2, -0.15) is 4.72 Å². The van der Waals surface area contributed by atoms with Crippen molar-refractivity contribution in [3.63, 3.8) is 0 Å². The topological polar surface area (TPSA) is 84.5 Å². The summed E-state index contributed by atoms with van der Waals surface area (Å²) >= 11 is 12.1. The molecule has 0 aromatic heterocycles. The number of ether oxygens (including phenoxy) is 1. The van der Waals surface area contributed by atoms with E-state index in [1.165, 1.54) is 19.2 Å². The molecule has 0 spiro atoms. The van der Waals surface area contributed by atoms with E-state index in [2.05, 4.69) is 10.0 Å². The minimum absolute atomic E-state index is 0.0485. The molecule has 0 heterocycles. The molecule has 0 fully saturated rings. The Bertz CT molecular complexity index is 1230. The van der Waals surface area contributed by atoms with Crippen LogP contribution in [0.2, 0.25) is 10.0 Å². The molecule has 3 aromatic rings. The number of aryl methyl sites for hydroxylation is 1. The molecule has 2 N–H and O–H groups in total. The Morgan fingerprint density at radius 1 is 1.03 bits per heavy atom. The van der Waals surface area contributed by atoms with Crippen LogP contribution in [-0.2, 0) is 27.8 Å². The van der Waals surface area contributed by atoms with Crippen molar-refractivity contribution in [3.8, 4) is 5.75 Å². The van der Waals surface area contributed by atoms with Gasteiger partial charge in [0, 0.05) is 16.6 Å². The second kappa shape index (κ2) is 11.0. The number of hydrogen-bond acceptors (Lipinski definition) is 4. The fraction of sp³-hybridized carbons (Fsp3) is 0.208. The number of methoxy groups -OCH3 is 1. The van der Waals surface area contributed by atoms with Gasteiger partial charge in [0.05, 0.1) is 12.0 Å². The third-order valence-corrected chi connectivity index (χ3v) is 7.10. The first-order chi connectivity index (χ1) is 15.7. The number of nitrogens with one attached hydrogen (secondary N) is 2. The number of amides is 1. The average Bonchev–Trinajstić information content (AvgIpc) is 2.78. The van der Waals surface area contributed by atoms with E-state index in [-0.39, 0.29) is 17.9 Å². The minimum Gasteiger partial charge on any atom is -0.496 e. The molecule has 1 unspecified atom stereocenters. The highest BCUT2D eigenvalue weighted by atomic mass is 35.5. The standard InChI is InChI=1S/C24H24Cl2N2O4S/c1-16-12-20(10-11-23(16)32-2)33(30,31)28-22(13-17-6-4-3-5-7-17)24(29)27-15-18-8-9-19(25)14-21(18)26/h3-12,14,22,28H,13,15H2,1-2H3,(H,27,29). The first-order valence-electron chi connectivity index (χ1n) is 10.1. The van der Waals surface area contributed by atoms with Crippen molar-refractivity contribution in [2.45, 2.75) is 30.8 Å². The molecule has 3 rings (SSSR count). The van der Waals surface area contributed by atoms with E-state index in [0.717, 1.165) is 5.56 Å². The van der Waals surface area contributed by atoms with Gasteiger partial charge in [0.1, 0.15) is 11.8 Å². The van der Waals surface area contributed by atoms with E-state index in [1.54, 1.807) is 31.2 Å². The monoisotopic (exact) mass is 506 g/mol. The molecule has 6 nitrogen and oxygen atoms in total. The third-order valence-electron chi connectivity index (χ3n) is 5.04. The quantitative estimate of drug-likeness (QED) is 0.446. The van der Waals surface area contributed by atoms with Gasteiger partial charge >= 0.3 is 0 Å². The number of carbonyl (C=O) groups excluding carboxylic acids is 1. The van der Waals surface area contributed by atoms with Crippen molar-refractivity contribution in [1.82, 2.24) is 10.0 Å². The van der Waals surface area contributed by atoms with E-state index in [1.807, 2.05) is 30.3 Å². The Kier molecular flexibility index (Phi) is 8.37. The highest BCUT2D eigenvalue weighted by Crippen LogP contribution is 2.22. The van der Waals surface area contributed by atoms with E-state index in [4.69, 9.17) is 27.9 Å². The summed E-state index contributed by atoms with van der Waals surface area (Å²) in [5, 5.41) is 3.67. The summed E-state index contributed by atoms with van der Waals surface area (Å²) in [6.07, 6.45) is 0.176. The summed E-state index contributed by atoms with van der Waals surface area (Å²) in [5.74, 6) is 0.103. The molecular weight excluding hydrogens is 483 g/mol. The lowest BCUT2D eigenvalue weighted by Gasteiger charge is -2.19. The first kappa shape index (κ1) is 25.1. The van der Waals surface area contributed by atoms with Gasteiger partial charge in [-0.05, 0) is 60.4 Å². The zero-order valence-electron chi connectivity index (χ0n) is 18.1. The van der Waals surface area contributed by atoms with Crippen LogP contribution in [-0.4, -0.2) is 27.5 Å². The summed E-state index contributed by atoms with van der Waals surface area (Å²) in [7, 11) is -2.46. The molecule has 0 saturated carbocycles. The van der Waals surface area contributed by atoms with Crippen LogP contribution in [0, 0.1) is 6.92 Å². The Labute approximate surface area is 203 Å². The van der Waals surface area contributed by atoms with E-state index >= 15 is 0 Å². The van der Waals surface area contributed by atoms with Crippen LogP contribution in [0.1, 0.15) is 16.7 Å². The maximum absolute atomic E-state index is 13.1. The highest BCUT2D eigenvalue weighted by molar-refractivity contribution is 7.89. The van der Waals surface area contributed by atoms with Crippen LogP contribution in [0.15, 0.2) is 71.6 Å². The molecule has 0 aliphatic heterocycles. The van der Waals surface area contributed by atoms with Gasteiger partial charge < -0.3 is 10.1 Å². The number of carbonyl (C=O) groups is 1. The van der Waals surface area contributed by atoms with E-state index < -0.39 is 22.0 Å². The number of benzene rings is 3. The summed E-state index contributed by atoms with van der Waals surface area (Å²) in [6.45, 7) is 1.88. The summed E-state index contributed by atoms with van der Waals surface area (Å²) < 4.78 is 33.9. The number of sulfonamides is 1. The lowest BCUT2D eigenvalue weighted by molar-refractivity contribution is -0.122. The predicted molar refractivity (Wildman–Crippen MR) is 130 cm³/mol. The van der Waals surface area contributed by atoms with Crippen molar-refractivity contribution in [1.29, 1.82) is 0 Å². The number of halogens is 2. The fourth-order valence-electron chi connectivity index (χ4n) is 3.28. The largest absolute Gasteiger partial charge is 0.496 e. The molecule has 33 heavy (non-hydrogen) atoms. The lowest BCUT2D eigenvalue weighted by Crippen LogP contribution is -2.47. The maximum Gasteiger partial charge on any atom is 0.241 e. The zero-order chi connectivity index (χ0) is 24.0. The maximum atomic E-state index is 13.1. The van der Waals surface area contributed by atoms with Crippen LogP contribution in [0.4, 0.5) is 0 Å². The van der Waals surface area contributed by atoms with Gasteiger partial charge in [-0.3, -0.25) is 4.79 Å². The van der Waals surface area contributed by atoms with Gasteiger partial charge in [-0.15, -0.1) is 0 Å². The van der Waals surface area contributed by atoms with Crippen molar-refractivity contribution in [2.75, 3.05) is 7.11 Å². The van der Waals surface area contributed by atoms with Crippen LogP contribution in [0.25, 0.3) is 0 Å². The summed E-state index contributed by atoms with van der Waals surface area (Å²) in [6, 6.07) is 17.6. The first-order valence-corrected chi connectivity index (χ1v) is 12.4. The molecule has 0 aliphatic carbocycles. The Morgan fingerprint density at radius 2 is 1.76 bits per heavy atom. The average molecular weight is 507 g/mol. The second-order valence-corrected chi connectivity index (χ2v) is 10.0. The summed E-state index contributed by atoms with van der Waals surface area (Å²) in [5.41, 5.74) is 2.15. The zero-order valence-corrected chi connectivity index (χ0v) is 20.5. The van der Waals surface area contributed by atoms with Gasteiger partial charge in [-0.25, -0.2) is 8.42 Å². The van der Waals surface area contributed by atoms with Gasteiger partial charge in [0.15, 0.2) is 0 Å². The molecule has 0 aliphatic rings. The van der Waals surface area contributed by atoms with Crippen LogP contribution in [0.5, 0.6) is 5.75 Å². The summed E-state index contributed by atoms with van der Waals surface area (Å²) in [4.78, 5) is 13.1. The fourth-order valence-corrected chi connectivity index (χ4v) is 5.04. The minimum atomic E-state index is -3.98. The molecule has 0 bridgehead atoms. The normalized spacial score (nSPS) is 12.2. The van der Waals surface area contributed by atoms with E-state index in [9.17, 15) is 13.2 Å². The number of rotatable bonds is 9. The van der Waals surface area contributed by atoms with Crippen molar-refractivity contribution in [2.24, 2.45) is 0 Å². The Morgan fingerprint density at radius 3 is 2.39 bits per heavy atom. The predicted octanol–water partition coefficient (Wildman–Crippen LogP) is 4.52. The number of hydrogen-bond donors (Lipinski definition) is 2.